The fourth-order valence-corrected chi connectivity index (χ4v) is 4.53. The van der Waals surface area contributed by atoms with E-state index in [-0.39, 0.29) is 12.0 Å². The van der Waals surface area contributed by atoms with Crippen molar-refractivity contribution in [2.75, 3.05) is 25.1 Å². The van der Waals surface area contributed by atoms with Gasteiger partial charge in [-0.1, -0.05) is 37.3 Å². The van der Waals surface area contributed by atoms with E-state index >= 15 is 0 Å². The molecule has 2 aromatic carbocycles. The van der Waals surface area contributed by atoms with Gasteiger partial charge in [0.2, 0.25) is 5.91 Å². The molecule has 0 aliphatic carbocycles. The Morgan fingerprint density at radius 3 is 2.70 bits per heavy atom. The number of aryl methyl sites for hydroxylation is 1. The summed E-state index contributed by atoms with van der Waals surface area (Å²) < 4.78 is 5.27. The maximum atomic E-state index is 12.9. The minimum Gasteiger partial charge on any atom is -0.497 e. The molecule has 0 radical (unpaired) electrons. The van der Waals surface area contributed by atoms with Gasteiger partial charge in [0.05, 0.1) is 18.7 Å². The number of carbonyl (C=O) groups is 1. The van der Waals surface area contributed by atoms with Crippen LogP contribution in [0, 0.1) is 6.92 Å². The summed E-state index contributed by atoms with van der Waals surface area (Å²) in [6.07, 6.45) is 1.83. The zero-order chi connectivity index (χ0) is 23.4. The molecule has 1 aliphatic rings. The molecule has 1 atom stereocenters. The van der Waals surface area contributed by atoms with E-state index in [1.54, 1.807) is 7.11 Å². The number of amides is 1. The second kappa shape index (κ2) is 10.2. The molecular weight excluding hydrogens is 414 g/mol. The van der Waals surface area contributed by atoms with E-state index in [1.807, 2.05) is 42.2 Å². The lowest BCUT2D eigenvalue weighted by molar-refractivity contribution is -0.132. The van der Waals surface area contributed by atoms with Crippen molar-refractivity contribution < 1.29 is 14.6 Å². The number of methoxy groups -OCH3 is 1. The van der Waals surface area contributed by atoms with E-state index in [9.17, 15) is 9.90 Å². The van der Waals surface area contributed by atoms with Crippen LogP contribution in [0.1, 0.15) is 42.9 Å². The Kier molecular flexibility index (Phi) is 7.14. The number of hydrogen-bond acceptors (Lipinski definition) is 5. The molecule has 33 heavy (non-hydrogen) atoms. The van der Waals surface area contributed by atoms with Crippen LogP contribution in [0.4, 0.5) is 5.82 Å². The molecule has 1 amide bonds. The maximum absolute atomic E-state index is 12.9. The first-order valence-electron chi connectivity index (χ1n) is 11.7. The number of piperidine rings is 1. The third-order valence-corrected chi connectivity index (χ3v) is 6.35. The first kappa shape index (κ1) is 23.1. The highest BCUT2D eigenvalue weighted by molar-refractivity contribution is 5.85. The minimum atomic E-state index is -0.353. The topological polar surface area (TPSA) is 65.9 Å². The van der Waals surface area contributed by atoms with E-state index < -0.39 is 0 Å². The highest BCUT2D eigenvalue weighted by Crippen LogP contribution is 2.29. The molecule has 0 saturated carbocycles. The van der Waals surface area contributed by atoms with Crippen molar-refractivity contribution in [1.29, 1.82) is 0 Å². The Morgan fingerprint density at radius 2 is 2.00 bits per heavy atom. The summed E-state index contributed by atoms with van der Waals surface area (Å²) in [5.74, 6) is 1.77. The number of nitrogens with zero attached hydrogens (tertiary/aromatic N) is 3. The highest BCUT2D eigenvalue weighted by Gasteiger charge is 2.24. The molecular formula is C27H33N3O3. The molecule has 4 rings (SSSR count). The first-order valence-corrected chi connectivity index (χ1v) is 11.7. The Bertz CT molecular complexity index is 1110. The van der Waals surface area contributed by atoms with Crippen molar-refractivity contribution in [3.05, 3.63) is 65.2 Å². The predicted octanol–water partition coefficient (Wildman–Crippen LogP) is 4.45. The van der Waals surface area contributed by atoms with E-state index in [4.69, 9.17) is 9.72 Å². The van der Waals surface area contributed by atoms with Crippen molar-refractivity contribution in [3.8, 4) is 5.75 Å². The number of fused-ring (bicyclic) bond motifs is 1. The summed E-state index contributed by atoms with van der Waals surface area (Å²) in [7, 11) is 1.65. The molecule has 0 spiro atoms. The SMILES string of the molecule is CCC(=O)N(Cc1ccc(OC)cc1)Cc1cc2cccc(C)c2nc1N1CCCC(O)C1. The Morgan fingerprint density at radius 1 is 1.21 bits per heavy atom. The van der Waals surface area contributed by atoms with E-state index in [2.05, 4.69) is 30.0 Å². The summed E-state index contributed by atoms with van der Waals surface area (Å²) in [5.41, 5.74) is 4.16. The van der Waals surface area contributed by atoms with Gasteiger partial charge in [-0.15, -0.1) is 0 Å². The maximum Gasteiger partial charge on any atom is 0.222 e. The number of anilines is 1. The van der Waals surface area contributed by atoms with Crippen LogP contribution < -0.4 is 9.64 Å². The molecule has 2 heterocycles. The number of rotatable bonds is 7. The second-order valence-electron chi connectivity index (χ2n) is 8.81. The van der Waals surface area contributed by atoms with Crippen LogP contribution in [0.15, 0.2) is 48.5 Å². The number of benzene rings is 2. The van der Waals surface area contributed by atoms with Gasteiger partial charge < -0.3 is 19.6 Å². The first-order chi connectivity index (χ1) is 16.0. The fraction of sp³-hybridized carbons (Fsp3) is 0.407. The van der Waals surface area contributed by atoms with Crippen LogP contribution in [0.2, 0.25) is 0 Å². The number of aliphatic hydroxyl groups excluding tert-OH is 1. The van der Waals surface area contributed by atoms with E-state index in [1.165, 1.54) is 0 Å². The van der Waals surface area contributed by atoms with Gasteiger partial charge in [-0.2, -0.15) is 0 Å². The average molecular weight is 448 g/mol. The molecule has 174 valence electrons. The molecule has 1 unspecified atom stereocenters. The van der Waals surface area contributed by atoms with Crippen LogP contribution in [0.3, 0.4) is 0 Å². The largest absolute Gasteiger partial charge is 0.497 e. The molecule has 1 N–H and O–H groups in total. The number of aliphatic hydroxyl groups is 1. The summed E-state index contributed by atoms with van der Waals surface area (Å²) in [4.78, 5) is 22.1. The van der Waals surface area contributed by atoms with Crippen molar-refractivity contribution in [2.45, 2.75) is 52.3 Å². The molecule has 6 heteroatoms. The van der Waals surface area contributed by atoms with Crippen LogP contribution in [0.25, 0.3) is 10.9 Å². The molecule has 1 saturated heterocycles. The lowest BCUT2D eigenvalue weighted by atomic mass is 10.0. The smallest absolute Gasteiger partial charge is 0.222 e. The molecule has 3 aromatic rings. The number of para-hydroxylation sites is 1. The molecule has 1 aliphatic heterocycles. The molecule has 6 nitrogen and oxygen atoms in total. The third-order valence-electron chi connectivity index (χ3n) is 6.35. The van der Waals surface area contributed by atoms with Crippen molar-refractivity contribution in [3.63, 3.8) is 0 Å². The van der Waals surface area contributed by atoms with Gasteiger partial charge in [0.1, 0.15) is 11.6 Å². The summed E-state index contributed by atoms with van der Waals surface area (Å²) in [6, 6.07) is 16.2. The second-order valence-corrected chi connectivity index (χ2v) is 8.81. The lowest BCUT2D eigenvalue weighted by Crippen LogP contribution is -2.40. The van der Waals surface area contributed by atoms with Gasteiger partial charge in [-0.25, -0.2) is 4.98 Å². The van der Waals surface area contributed by atoms with Crippen LogP contribution in [-0.2, 0) is 17.9 Å². The Balaban J connectivity index is 1.71. The highest BCUT2D eigenvalue weighted by atomic mass is 16.5. The fourth-order valence-electron chi connectivity index (χ4n) is 4.53. The number of pyridine rings is 1. The number of ether oxygens (including phenoxy) is 1. The third kappa shape index (κ3) is 5.28. The lowest BCUT2D eigenvalue weighted by Gasteiger charge is -2.33. The monoisotopic (exact) mass is 447 g/mol. The average Bonchev–Trinajstić information content (AvgIpc) is 2.83. The molecule has 1 aromatic heterocycles. The van der Waals surface area contributed by atoms with Crippen LogP contribution in [-0.4, -0.2) is 47.2 Å². The standard InChI is InChI=1S/C27H33N3O3/c1-4-25(32)30(16-20-10-12-24(33-3)13-11-20)17-22-15-21-8-5-7-19(2)26(21)28-27(22)29-14-6-9-23(31)18-29/h5,7-8,10-13,15,23,31H,4,6,9,14,16-18H2,1-3H3. The Hall–Kier alpha value is -3.12. The van der Waals surface area contributed by atoms with E-state index in [0.717, 1.165) is 58.5 Å². The van der Waals surface area contributed by atoms with E-state index in [0.29, 0.717) is 26.1 Å². The van der Waals surface area contributed by atoms with Gasteiger partial charge in [0.15, 0.2) is 0 Å². The van der Waals surface area contributed by atoms with Gasteiger partial charge in [-0.3, -0.25) is 4.79 Å². The number of carbonyl (C=O) groups excluding carboxylic acids is 1. The predicted molar refractivity (Wildman–Crippen MR) is 131 cm³/mol. The summed E-state index contributed by atoms with van der Waals surface area (Å²) in [6.45, 7) is 6.38. The van der Waals surface area contributed by atoms with Gasteiger partial charge >= 0.3 is 0 Å². The quantitative estimate of drug-likeness (QED) is 0.580. The van der Waals surface area contributed by atoms with Gasteiger partial charge in [0, 0.05) is 43.5 Å². The van der Waals surface area contributed by atoms with Gasteiger partial charge in [-0.05, 0) is 49.1 Å². The molecule has 1 fully saturated rings. The van der Waals surface area contributed by atoms with Gasteiger partial charge in [0.25, 0.3) is 0 Å². The van der Waals surface area contributed by atoms with Crippen molar-refractivity contribution >= 4 is 22.6 Å². The van der Waals surface area contributed by atoms with Crippen LogP contribution >= 0.6 is 0 Å². The normalized spacial score (nSPS) is 16.1. The minimum absolute atomic E-state index is 0.0970. The Labute approximate surface area is 195 Å². The number of aromatic nitrogens is 1. The number of hydrogen-bond donors (Lipinski definition) is 1. The van der Waals surface area contributed by atoms with Crippen LogP contribution in [0.5, 0.6) is 5.75 Å². The summed E-state index contributed by atoms with van der Waals surface area (Å²) >= 11 is 0. The van der Waals surface area contributed by atoms with Crippen molar-refractivity contribution in [1.82, 2.24) is 9.88 Å². The zero-order valence-electron chi connectivity index (χ0n) is 19.8. The summed E-state index contributed by atoms with van der Waals surface area (Å²) in [5, 5.41) is 11.4. The molecule has 0 bridgehead atoms. The zero-order valence-corrected chi connectivity index (χ0v) is 19.8. The van der Waals surface area contributed by atoms with Crippen molar-refractivity contribution in [2.24, 2.45) is 0 Å². The number of β-amino-alcohol motifs (C(OH)–C–C–N with tert-alkyl or cyclic N) is 1.